The van der Waals surface area contributed by atoms with E-state index in [1.54, 1.807) is 0 Å². The quantitative estimate of drug-likeness (QED) is 0.868. The van der Waals surface area contributed by atoms with E-state index in [-0.39, 0.29) is 0 Å². The molecule has 1 N–H and O–H groups in total. The topological polar surface area (TPSA) is 41.1 Å². The first-order valence-corrected chi connectivity index (χ1v) is 7.45. The Hall–Kier alpha value is -0.680. The Balaban J connectivity index is 2.03. The Morgan fingerprint density at radius 2 is 2.33 bits per heavy atom. The van der Waals surface area contributed by atoms with Crippen LogP contribution >= 0.6 is 15.9 Å². The van der Waals surface area contributed by atoms with Crippen molar-refractivity contribution in [2.24, 2.45) is 0 Å². The fourth-order valence-electron chi connectivity index (χ4n) is 2.37. The van der Waals surface area contributed by atoms with Gasteiger partial charge in [-0.05, 0) is 48.8 Å². The van der Waals surface area contributed by atoms with E-state index in [1.165, 1.54) is 19.4 Å². The van der Waals surface area contributed by atoms with Crippen LogP contribution in [0.2, 0.25) is 0 Å². The van der Waals surface area contributed by atoms with Crippen molar-refractivity contribution in [3.8, 4) is 0 Å². The third-order valence-corrected chi connectivity index (χ3v) is 3.60. The van der Waals surface area contributed by atoms with E-state index in [9.17, 15) is 0 Å². The molecule has 1 fully saturated rings. The molecule has 0 bridgehead atoms. The van der Waals surface area contributed by atoms with Crippen LogP contribution in [0.5, 0.6) is 0 Å². The molecule has 1 aliphatic heterocycles. The molecule has 1 aromatic heterocycles. The number of piperidine rings is 1. The van der Waals surface area contributed by atoms with Crippen molar-refractivity contribution < 1.29 is 0 Å². The number of halogens is 1. The standard InChI is InChI=1S/C13H21BrN4/c1-3-5-12-16-11(14)8-13(17-12)15-10-6-4-7-18(2)9-10/h8,10H,3-7,9H2,1-2H3,(H,15,16,17). The number of likely N-dealkylation sites (N-methyl/N-ethyl adjacent to an activating group) is 1. The molecule has 1 unspecified atom stereocenters. The van der Waals surface area contributed by atoms with Crippen molar-refractivity contribution in [1.29, 1.82) is 0 Å². The number of hydrogen-bond donors (Lipinski definition) is 1. The maximum absolute atomic E-state index is 4.57. The van der Waals surface area contributed by atoms with Gasteiger partial charge in [-0.1, -0.05) is 6.92 Å². The van der Waals surface area contributed by atoms with E-state index >= 15 is 0 Å². The molecule has 1 aliphatic rings. The van der Waals surface area contributed by atoms with E-state index in [0.29, 0.717) is 6.04 Å². The second-order valence-corrected chi connectivity index (χ2v) is 5.80. The van der Waals surface area contributed by atoms with E-state index in [1.807, 2.05) is 6.07 Å². The third-order valence-electron chi connectivity index (χ3n) is 3.19. The van der Waals surface area contributed by atoms with Gasteiger partial charge < -0.3 is 10.2 Å². The minimum Gasteiger partial charge on any atom is -0.366 e. The summed E-state index contributed by atoms with van der Waals surface area (Å²) in [5.41, 5.74) is 0. The molecule has 0 aromatic carbocycles. The largest absolute Gasteiger partial charge is 0.366 e. The van der Waals surface area contributed by atoms with E-state index in [0.717, 1.165) is 35.6 Å². The van der Waals surface area contributed by atoms with Crippen molar-refractivity contribution in [3.05, 3.63) is 16.5 Å². The van der Waals surface area contributed by atoms with Crippen LogP contribution in [-0.4, -0.2) is 41.0 Å². The first kappa shape index (κ1) is 13.7. The molecule has 0 radical (unpaired) electrons. The number of aromatic nitrogens is 2. The zero-order valence-corrected chi connectivity index (χ0v) is 12.7. The van der Waals surface area contributed by atoms with Crippen LogP contribution < -0.4 is 5.32 Å². The van der Waals surface area contributed by atoms with Gasteiger partial charge in [-0.2, -0.15) is 0 Å². The lowest BCUT2D eigenvalue weighted by atomic mass is 10.1. The van der Waals surface area contributed by atoms with Crippen LogP contribution in [-0.2, 0) is 6.42 Å². The maximum Gasteiger partial charge on any atom is 0.132 e. The van der Waals surface area contributed by atoms with Gasteiger partial charge >= 0.3 is 0 Å². The van der Waals surface area contributed by atoms with Crippen molar-refractivity contribution in [2.45, 2.75) is 38.6 Å². The number of nitrogens with zero attached hydrogens (tertiary/aromatic N) is 3. The summed E-state index contributed by atoms with van der Waals surface area (Å²) >= 11 is 3.46. The van der Waals surface area contributed by atoms with Gasteiger partial charge in [-0.15, -0.1) is 0 Å². The molecular formula is C13H21BrN4. The van der Waals surface area contributed by atoms with Crippen LogP contribution in [0.3, 0.4) is 0 Å². The normalized spacial score (nSPS) is 20.9. The van der Waals surface area contributed by atoms with Gasteiger partial charge in [-0.3, -0.25) is 0 Å². The lowest BCUT2D eigenvalue weighted by Crippen LogP contribution is -2.39. The highest BCUT2D eigenvalue weighted by Crippen LogP contribution is 2.17. The molecule has 1 atom stereocenters. The van der Waals surface area contributed by atoms with Crippen LogP contribution in [0.4, 0.5) is 5.82 Å². The van der Waals surface area contributed by atoms with Gasteiger partial charge in [0.25, 0.3) is 0 Å². The third kappa shape index (κ3) is 3.92. The van der Waals surface area contributed by atoms with E-state index < -0.39 is 0 Å². The van der Waals surface area contributed by atoms with Gasteiger partial charge in [-0.25, -0.2) is 9.97 Å². The molecule has 1 saturated heterocycles. The lowest BCUT2D eigenvalue weighted by Gasteiger charge is -2.30. The Kier molecular flexibility index (Phi) is 4.95. The number of nitrogens with one attached hydrogen (secondary N) is 1. The summed E-state index contributed by atoms with van der Waals surface area (Å²) in [4.78, 5) is 11.3. The second-order valence-electron chi connectivity index (χ2n) is 4.99. The minimum absolute atomic E-state index is 0.500. The highest BCUT2D eigenvalue weighted by Gasteiger charge is 2.17. The molecule has 5 heteroatoms. The fraction of sp³-hybridized carbons (Fsp3) is 0.692. The molecule has 4 nitrogen and oxygen atoms in total. The maximum atomic E-state index is 4.57. The Morgan fingerprint density at radius 1 is 1.50 bits per heavy atom. The zero-order valence-electron chi connectivity index (χ0n) is 11.1. The zero-order chi connectivity index (χ0) is 13.0. The summed E-state index contributed by atoms with van der Waals surface area (Å²) in [6, 6.07) is 2.47. The van der Waals surface area contributed by atoms with Crippen LogP contribution in [0.25, 0.3) is 0 Å². The number of anilines is 1. The van der Waals surface area contributed by atoms with E-state index in [2.05, 4.69) is 50.1 Å². The predicted molar refractivity (Wildman–Crippen MR) is 77.9 cm³/mol. The highest BCUT2D eigenvalue weighted by molar-refractivity contribution is 9.10. The molecule has 0 spiro atoms. The molecule has 0 amide bonds. The fourth-order valence-corrected chi connectivity index (χ4v) is 2.79. The summed E-state index contributed by atoms with van der Waals surface area (Å²) < 4.78 is 0.868. The van der Waals surface area contributed by atoms with Gasteiger partial charge in [0.1, 0.15) is 16.2 Å². The van der Waals surface area contributed by atoms with Crippen molar-refractivity contribution in [1.82, 2.24) is 14.9 Å². The summed E-state index contributed by atoms with van der Waals surface area (Å²) in [6.07, 6.45) is 4.47. The average Bonchev–Trinajstić information content (AvgIpc) is 2.28. The minimum atomic E-state index is 0.500. The first-order chi connectivity index (χ1) is 8.67. The molecule has 0 aliphatic carbocycles. The van der Waals surface area contributed by atoms with Gasteiger partial charge in [0.2, 0.25) is 0 Å². The molecule has 0 saturated carbocycles. The van der Waals surface area contributed by atoms with Crippen LogP contribution in [0.15, 0.2) is 10.7 Å². The Bertz CT molecular complexity index is 397. The van der Waals surface area contributed by atoms with Gasteiger partial charge in [0.15, 0.2) is 0 Å². The highest BCUT2D eigenvalue weighted by atomic mass is 79.9. The Morgan fingerprint density at radius 3 is 3.06 bits per heavy atom. The molecule has 2 rings (SSSR count). The number of aryl methyl sites for hydroxylation is 1. The number of hydrogen-bond acceptors (Lipinski definition) is 4. The van der Waals surface area contributed by atoms with Crippen molar-refractivity contribution in [3.63, 3.8) is 0 Å². The number of rotatable bonds is 4. The van der Waals surface area contributed by atoms with Gasteiger partial charge in [0.05, 0.1) is 0 Å². The second kappa shape index (κ2) is 6.48. The SMILES string of the molecule is CCCc1nc(Br)cc(NC2CCCN(C)C2)n1. The predicted octanol–water partition coefficient (Wildman–Crippen LogP) is 2.70. The average molecular weight is 313 g/mol. The van der Waals surface area contributed by atoms with Crippen LogP contribution in [0.1, 0.15) is 32.0 Å². The summed E-state index contributed by atoms with van der Waals surface area (Å²) in [7, 11) is 2.17. The number of likely N-dealkylation sites (tertiary alicyclic amines) is 1. The lowest BCUT2D eigenvalue weighted by molar-refractivity contribution is 0.260. The van der Waals surface area contributed by atoms with Crippen molar-refractivity contribution in [2.75, 3.05) is 25.5 Å². The molecule has 1 aromatic rings. The monoisotopic (exact) mass is 312 g/mol. The molecule has 18 heavy (non-hydrogen) atoms. The molecular weight excluding hydrogens is 292 g/mol. The van der Waals surface area contributed by atoms with Crippen molar-refractivity contribution >= 4 is 21.7 Å². The molecule has 2 heterocycles. The Labute approximate surface area is 117 Å². The summed E-state index contributed by atoms with van der Waals surface area (Å²) in [5, 5.41) is 3.53. The van der Waals surface area contributed by atoms with Gasteiger partial charge in [0, 0.05) is 25.1 Å². The first-order valence-electron chi connectivity index (χ1n) is 6.66. The van der Waals surface area contributed by atoms with E-state index in [4.69, 9.17) is 0 Å². The molecule has 100 valence electrons. The summed E-state index contributed by atoms with van der Waals surface area (Å²) in [5.74, 6) is 1.86. The van der Waals surface area contributed by atoms with Crippen LogP contribution in [0, 0.1) is 0 Å². The summed E-state index contributed by atoms with van der Waals surface area (Å²) in [6.45, 7) is 4.44. The smallest absolute Gasteiger partial charge is 0.132 e.